The molecule has 3 heterocycles. The van der Waals surface area contributed by atoms with Gasteiger partial charge in [0.1, 0.15) is 5.76 Å². The third-order valence-electron chi connectivity index (χ3n) is 7.53. The van der Waals surface area contributed by atoms with E-state index in [-0.39, 0.29) is 0 Å². The lowest BCUT2D eigenvalue weighted by Gasteiger charge is -2.13. The van der Waals surface area contributed by atoms with E-state index in [0.717, 1.165) is 68.7 Å². The van der Waals surface area contributed by atoms with Crippen molar-refractivity contribution in [3.8, 4) is 22.5 Å². The summed E-state index contributed by atoms with van der Waals surface area (Å²) < 4.78 is 9.19. The molecule has 0 saturated heterocycles. The van der Waals surface area contributed by atoms with E-state index >= 15 is 0 Å². The summed E-state index contributed by atoms with van der Waals surface area (Å²) in [5.41, 5.74) is 8.12. The predicted octanol–water partition coefficient (Wildman–Crippen LogP) is 11.3. The van der Waals surface area contributed by atoms with E-state index in [9.17, 15) is 0 Å². The first-order chi connectivity index (χ1) is 19.1. The van der Waals surface area contributed by atoms with Gasteiger partial charge >= 0.3 is 0 Å². The topological polar surface area (TPSA) is 44.7 Å². The van der Waals surface area contributed by atoms with Crippen molar-refractivity contribution in [1.29, 1.82) is 0 Å². The Kier molecular flexibility index (Phi) is 5.14. The average Bonchev–Trinajstić information content (AvgIpc) is 3.53. The molecule has 5 aromatic carbocycles. The van der Waals surface area contributed by atoms with Gasteiger partial charge in [-0.25, -0.2) is 0 Å². The minimum Gasteiger partial charge on any atom is -0.455 e. The lowest BCUT2D eigenvalue weighted by Crippen LogP contribution is -1.89. The third kappa shape index (κ3) is 3.42. The molecule has 2 N–H and O–H groups in total. The fourth-order valence-electron chi connectivity index (χ4n) is 5.76. The average molecular weight is 650 g/mol. The number of hydrogen-bond donors (Lipinski definition) is 2. The molecular weight excluding hydrogens is 632 g/mol. The highest BCUT2D eigenvalue weighted by atomic mass is 79.9. The molecule has 8 aromatic rings. The molecule has 0 spiro atoms. The normalized spacial score (nSPS) is 11.9. The molecule has 39 heavy (non-hydrogen) atoms. The highest BCUT2D eigenvalue weighted by Gasteiger charge is 2.19. The number of aromatic nitrogens is 2. The quantitative estimate of drug-likeness (QED) is 0.183. The maximum absolute atomic E-state index is 6.70. The first kappa shape index (κ1) is 23.2. The first-order valence-corrected chi connectivity index (χ1v) is 14.5. The molecule has 0 saturated carbocycles. The largest absolute Gasteiger partial charge is 0.455 e. The van der Waals surface area contributed by atoms with Crippen LogP contribution in [0.5, 0.6) is 0 Å². The molecule has 0 aliphatic heterocycles. The van der Waals surface area contributed by atoms with E-state index in [1.165, 1.54) is 16.2 Å². The molecule has 0 bridgehead atoms. The van der Waals surface area contributed by atoms with E-state index in [4.69, 9.17) is 16.6 Å². The van der Waals surface area contributed by atoms with Crippen LogP contribution in [-0.2, 0) is 0 Å². The number of H-pyrrole nitrogens is 2. The van der Waals surface area contributed by atoms with Crippen molar-refractivity contribution < 1.29 is 4.42 Å². The molecule has 0 aliphatic rings. The first-order valence-electron chi connectivity index (χ1n) is 12.5. The van der Waals surface area contributed by atoms with Crippen LogP contribution < -0.4 is 0 Å². The smallest absolute Gasteiger partial charge is 0.152 e. The number of benzene rings is 5. The number of halogens is 2. The van der Waals surface area contributed by atoms with E-state index in [1.54, 1.807) is 0 Å². The number of aromatic amines is 2. The second-order valence-electron chi connectivity index (χ2n) is 9.70. The molecule has 0 fully saturated rings. The zero-order valence-electron chi connectivity index (χ0n) is 20.3. The molecular formula is C33H18Br2N2OS. The Bertz CT molecular complexity index is 2350. The van der Waals surface area contributed by atoms with Crippen molar-refractivity contribution in [3.63, 3.8) is 0 Å². The maximum Gasteiger partial charge on any atom is 0.152 e. The van der Waals surface area contributed by atoms with Gasteiger partial charge in [-0.15, -0.1) is 0 Å². The molecule has 0 radical (unpaired) electrons. The second kappa shape index (κ2) is 8.65. The Morgan fingerprint density at radius 3 is 1.82 bits per heavy atom. The maximum atomic E-state index is 6.70. The van der Waals surface area contributed by atoms with E-state index in [1.807, 2.05) is 12.1 Å². The van der Waals surface area contributed by atoms with Crippen molar-refractivity contribution in [1.82, 2.24) is 9.97 Å². The molecule has 0 aliphatic carbocycles. The van der Waals surface area contributed by atoms with Crippen LogP contribution in [0.25, 0.3) is 77.0 Å². The Balaban J connectivity index is 1.41. The number of para-hydroxylation sites is 4. The Morgan fingerprint density at radius 2 is 1.15 bits per heavy atom. The summed E-state index contributed by atoms with van der Waals surface area (Å²) in [7, 11) is 0. The van der Waals surface area contributed by atoms with E-state index in [2.05, 4.69) is 127 Å². The fourth-order valence-corrected chi connectivity index (χ4v) is 7.43. The summed E-state index contributed by atoms with van der Waals surface area (Å²) in [5, 5.41) is 5.61. The Hall–Kier alpha value is -3.71. The summed E-state index contributed by atoms with van der Waals surface area (Å²) in [4.78, 5) is 7.22. The zero-order chi connectivity index (χ0) is 26.2. The molecule has 0 atom stereocenters. The fraction of sp³-hybridized carbons (Fsp3) is 0. The lowest BCUT2D eigenvalue weighted by molar-refractivity contribution is 0.618. The van der Waals surface area contributed by atoms with Gasteiger partial charge in [-0.2, -0.15) is 0 Å². The minimum absolute atomic E-state index is 0.711. The predicted molar refractivity (Wildman–Crippen MR) is 172 cm³/mol. The summed E-state index contributed by atoms with van der Waals surface area (Å²) >= 11 is 13.7. The molecule has 3 aromatic heterocycles. The standard InChI is InChI=1S/C33H18Br2N2OS/c34-24-15-23(21-11-5-9-19-17-7-1-3-13-25(17)36-31(19)21)30(35)33-29(24)28(39)16-27(38-33)22-12-6-10-20-18-8-2-4-14-26(18)37-32(20)22/h1-16,36-37H. The summed E-state index contributed by atoms with van der Waals surface area (Å²) in [5.74, 6) is 0.721. The van der Waals surface area contributed by atoms with Crippen LogP contribution in [0, 0.1) is 4.51 Å². The van der Waals surface area contributed by atoms with E-state index < -0.39 is 0 Å². The number of rotatable bonds is 2. The van der Waals surface area contributed by atoms with E-state index in [0.29, 0.717) is 5.58 Å². The van der Waals surface area contributed by atoms with Crippen molar-refractivity contribution in [3.05, 3.63) is 111 Å². The monoisotopic (exact) mass is 648 g/mol. The molecule has 6 heteroatoms. The van der Waals surface area contributed by atoms with Crippen molar-refractivity contribution in [2.45, 2.75) is 0 Å². The summed E-state index contributed by atoms with van der Waals surface area (Å²) in [6, 6.07) is 33.5. The second-order valence-corrected chi connectivity index (χ2v) is 11.8. The molecule has 186 valence electrons. The summed E-state index contributed by atoms with van der Waals surface area (Å²) in [6.45, 7) is 0. The molecule has 3 nitrogen and oxygen atoms in total. The minimum atomic E-state index is 0.711. The lowest BCUT2D eigenvalue weighted by atomic mass is 10.0. The number of fused-ring (bicyclic) bond motifs is 7. The van der Waals surface area contributed by atoms with Crippen LogP contribution in [0.1, 0.15) is 0 Å². The van der Waals surface area contributed by atoms with Crippen LogP contribution in [0.2, 0.25) is 0 Å². The molecule has 8 rings (SSSR count). The SMILES string of the molecule is S=c1cc(-c2cccc3c2[nH]c2ccccc23)oc2c(Br)c(-c3cccc4c3[nH]c3ccccc34)cc(Br)c12. The van der Waals surface area contributed by atoms with Gasteiger partial charge < -0.3 is 14.4 Å². The van der Waals surface area contributed by atoms with Crippen LogP contribution in [-0.4, -0.2) is 9.97 Å². The van der Waals surface area contributed by atoms with Crippen molar-refractivity contribution in [2.24, 2.45) is 0 Å². The Morgan fingerprint density at radius 1 is 0.590 bits per heavy atom. The van der Waals surface area contributed by atoms with Crippen LogP contribution in [0.15, 0.2) is 110 Å². The molecule has 0 unspecified atom stereocenters. The van der Waals surface area contributed by atoms with Gasteiger partial charge in [-0.1, -0.05) is 78.9 Å². The Labute approximate surface area is 244 Å². The third-order valence-corrected chi connectivity index (χ3v) is 9.27. The van der Waals surface area contributed by atoms with Crippen LogP contribution in [0.4, 0.5) is 0 Å². The molecule has 0 amide bonds. The van der Waals surface area contributed by atoms with Gasteiger partial charge in [0.25, 0.3) is 0 Å². The zero-order valence-corrected chi connectivity index (χ0v) is 24.3. The number of hydrogen-bond acceptors (Lipinski definition) is 2. The highest BCUT2D eigenvalue weighted by Crippen LogP contribution is 2.44. The van der Waals surface area contributed by atoms with Gasteiger partial charge in [0.15, 0.2) is 5.58 Å². The van der Waals surface area contributed by atoms with Crippen molar-refractivity contribution in [2.75, 3.05) is 0 Å². The summed E-state index contributed by atoms with van der Waals surface area (Å²) in [6.07, 6.45) is 0. The van der Waals surface area contributed by atoms with Gasteiger partial charge in [0.05, 0.1) is 25.4 Å². The van der Waals surface area contributed by atoms with Gasteiger partial charge in [-0.05, 0) is 56.1 Å². The van der Waals surface area contributed by atoms with Gasteiger partial charge in [0.2, 0.25) is 0 Å². The van der Waals surface area contributed by atoms with Gasteiger partial charge in [0, 0.05) is 59.8 Å². The van der Waals surface area contributed by atoms with Crippen LogP contribution >= 0.6 is 44.1 Å². The highest BCUT2D eigenvalue weighted by molar-refractivity contribution is 9.11. The van der Waals surface area contributed by atoms with Gasteiger partial charge in [-0.3, -0.25) is 0 Å². The van der Waals surface area contributed by atoms with Crippen LogP contribution in [0.3, 0.4) is 0 Å². The number of nitrogens with one attached hydrogen (secondary N) is 2. The van der Waals surface area contributed by atoms with Crippen molar-refractivity contribution >= 4 is 98.7 Å².